The van der Waals surface area contributed by atoms with E-state index in [-0.39, 0.29) is 18.5 Å². The van der Waals surface area contributed by atoms with Gasteiger partial charge in [0, 0.05) is 26.6 Å². The van der Waals surface area contributed by atoms with Crippen molar-refractivity contribution in [2.75, 3.05) is 26.8 Å². The lowest BCUT2D eigenvalue weighted by Crippen LogP contribution is -2.44. The molecule has 20 heavy (non-hydrogen) atoms. The molecule has 1 rings (SSSR count). The summed E-state index contributed by atoms with van der Waals surface area (Å²) in [6.07, 6.45) is 3.53. The van der Waals surface area contributed by atoms with Gasteiger partial charge in [0.15, 0.2) is 0 Å². The average molecular weight is 286 g/mol. The molecule has 0 bridgehead atoms. The molecular formula is C14H26N2O4. The molecule has 1 aliphatic rings. The highest BCUT2D eigenvalue weighted by molar-refractivity contribution is 5.74. The first-order valence-electron chi connectivity index (χ1n) is 7.34. The quantitative estimate of drug-likeness (QED) is 0.712. The average Bonchev–Trinajstić information content (AvgIpc) is 2.95. The van der Waals surface area contributed by atoms with Crippen LogP contribution in [0.5, 0.6) is 0 Å². The van der Waals surface area contributed by atoms with Crippen LogP contribution in [0.15, 0.2) is 0 Å². The summed E-state index contributed by atoms with van der Waals surface area (Å²) in [7, 11) is 1.79. The van der Waals surface area contributed by atoms with Crippen LogP contribution in [0.4, 0.5) is 4.79 Å². The molecule has 2 unspecified atom stereocenters. The van der Waals surface area contributed by atoms with Crippen LogP contribution in [0.25, 0.3) is 0 Å². The van der Waals surface area contributed by atoms with Gasteiger partial charge in [-0.1, -0.05) is 13.3 Å². The Morgan fingerprint density at radius 2 is 2.20 bits per heavy atom. The molecule has 0 spiro atoms. The van der Waals surface area contributed by atoms with Crippen LogP contribution in [0.1, 0.15) is 39.0 Å². The standard InChI is InChI=1S/C14H26N2O4/c1-3-11(4-5-13(17)18)6-8-15-14(19)16(2)12-7-9-20-10-12/h11-12H,3-10H2,1-2H3,(H,15,19)(H,17,18). The molecule has 2 atom stereocenters. The van der Waals surface area contributed by atoms with Gasteiger partial charge in [0.1, 0.15) is 0 Å². The number of likely N-dealkylation sites (N-methyl/N-ethyl adjacent to an activating group) is 1. The van der Waals surface area contributed by atoms with Gasteiger partial charge in [0.25, 0.3) is 0 Å². The number of rotatable bonds is 8. The lowest BCUT2D eigenvalue weighted by Gasteiger charge is -2.24. The number of carboxylic acid groups (broad SMARTS) is 1. The summed E-state index contributed by atoms with van der Waals surface area (Å²) in [6, 6.07) is 0.0950. The molecule has 0 radical (unpaired) electrons. The Morgan fingerprint density at radius 1 is 1.45 bits per heavy atom. The van der Waals surface area contributed by atoms with E-state index in [4.69, 9.17) is 9.84 Å². The number of aliphatic carboxylic acids is 1. The van der Waals surface area contributed by atoms with Crippen molar-refractivity contribution in [3.05, 3.63) is 0 Å². The first kappa shape index (κ1) is 16.8. The maximum absolute atomic E-state index is 11.9. The molecule has 0 aromatic heterocycles. The zero-order valence-electron chi connectivity index (χ0n) is 12.4. The molecule has 0 aromatic carbocycles. The fraction of sp³-hybridized carbons (Fsp3) is 0.857. The Balaban J connectivity index is 2.20. The van der Waals surface area contributed by atoms with Crippen molar-refractivity contribution in [3.8, 4) is 0 Å². The second-order valence-corrected chi connectivity index (χ2v) is 5.36. The minimum atomic E-state index is -0.756. The summed E-state index contributed by atoms with van der Waals surface area (Å²) >= 11 is 0. The lowest BCUT2D eigenvalue weighted by molar-refractivity contribution is -0.137. The van der Waals surface area contributed by atoms with E-state index in [1.54, 1.807) is 11.9 Å². The number of nitrogens with zero attached hydrogens (tertiary/aromatic N) is 1. The van der Waals surface area contributed by atoms with Gasteiger partial charge in [-0.25, -0.2) is 4.79 Å². The van der Waals surface area contributed by atoms with Gasteiger partial charge >= 0.3 is 12.0 Å². The second kappa shape index (κ2) is 8.79. The summed E-state index contributed by atoms with van der Waals surface area (Å²) in [5, 5.41) is 11.6. The SMILES string of the molecule is CCC(CCNC(=O)N(C)C1CCOC1)CCC(=O)O. The number of carbonyl (C=O) groups is 2. The largest absolute Gasteiger partial charge is 0.481 e. The van der Waals surface area contributed by atoms with Gasteiger partial charge in [0.05, 0.1) is 12.6 Å². The Bertz CT molecular complexity index is 316. The van der Waals surface area contributed by atoms with Gasteiger partial charge < -0.3 is 20.1 Å². The molecule has 2 amide bonds. The first-order chi connectivity index (χ1) is 9.54. The lowest BCUT2D eigenvalue weighted by atomic mass is 9.97. The Morgan fingerprint density at radius 3 is 2.75 bits per heavy atom. The topological polar surface area (TPSA) is 78.9 Å². The fourth-order valence-electron chi connectivity index (χ4n) is 2.38. The molecule has 1 aliphatic heterocycles. The number of ether oxygens (including phenoxy) is 1. The van der Waals surface area contributed by atoms with E-state index < -0.39 is 5.97 Å². The van der Waals surface area contributed by atoms with Crippen molar-refractivity contribution >= 4 is 12.0 Å². The van der Waals surface area contributed by atoms with E-state index >= 15 is 0 Å². The van der Waals surface area contributed by atoms with Crippen molar-refractivity contribution in [1.82, 2.24) is 10.2 Å². The van der Waals surface area contributed by atoms with E-state index in [2.05, 4.69) is 12.2 Å². The second-order valence-electron chi connectivity index (χ2n) is 5.36. The number of carboxylic acids is 1. The smallest absolute Gasteiger partial charge is 0.317 e. The molecule has 1 saturated heterocycles. The minimum Gasteiger partial charge on any atom is -0.481 e. The fourth-order valence-corrected chi connectivity index (χ4v) is 2.38. The normalized spacial score (nSPS) is 19.6. The van der Waals surface area contributed by atoms with Crippen LogP contribution in [-0.4, -0.2) is 54.9 Å². The van der Waals surface area contributed by atoms with Crippen LogP contribution < -0.4 is 5.32 Å². The molecule has 0 saturated carbocycles. The van der Waals surface area contributed by atoms with Crippen LogP contribution in [0, 0.1) is 5.92 Å². The van der Waals surface area contributed by atoms with Crippen molar-refractivity contribution in [1.29, 1.82) is 0 Å². The summed E-state index contributed by atoms with van der Waals surface area (Å²) in [5.41, 5.74) is 0. The third-order valence-electron chi connectivity index (χ3n) is 3.95. The van der Waals surface area contributed by atoms with Gasteiger partial charge in [-0.15, -0.1) is 0 Å². The molecule has 2 N–H and O–H groups in total. The number of urea groups is 1. The number of hydrogen-bond acceptors (Lipinski definition) is 3. The zero-order valence-corrected chi connectivity index (χ0v) is 12.4. The highest BCUT2D eigenvalue weighted by Gasteiger charge is 2.23. The van der Waals surface area contributed by atoms with Gasteiger partial charge in [-0.05, 0) is 25.2 Å². The van der Waals surface area contributed by atoms with Gasteiger partial charge in [-0.2, -0.15) is 0 Å². The van der Waals surface area contributed by atoms with E-state index in [1.165, 1.54) is 0 Å². The highest BCUT2D eigenvalue weighted by atomic mass is 16.5. The molecule has 6 heteroatoms. The maximum atomic E-state index is 11.9. The molecule has 0 aromatic rings. The number of nitrogens with one attached hydrogen (secondary N) is 1. The number of hydrogen-bond donors (Lipinski definition) is 2. The van der Waals surface area contributed by atoms with Crippen molar-refractivity contribution in [2.45, 2.75) is 45.1 Å². The van der Waals surface area contributed by atoms with E-state index in [0.29, 0.717) is 25.5 Å². The summed E-state index contributed by atoms with van der Waals surface area (Å²) in [5.74, 6) is -0.403. The van der Waals surface area contributed by atoms with Gasteiger partial charge in [0.2, 0.25) is 0 Å². The molecule has 6 nitrogen and oxygen atoms in total. The van der Waals surface area contributed by atoms with E-state index in [0.717, 1.165) is 25.9 Å². The van der Waals surface area contributed by atoms with Crippen molar-refractivity contribution < 1.29 is 19.4 Å². The third kappa shape index (κ3) is 5.77. The molecule has 1 fully saturated rings. The third-order valence-corrected chi connectivity index (χ3v) is 3.95. The maximum Gasteiger partial charge on any atom is 0.317 e. The van der Waals surface area contributed by atoms with Crippen LogP contribution in [0.2, 0.25) is 0 Å². The highest BCUT2D eigenvalue weighted by Crippen LogP contribution is 2.15. The van der Waals surface area contributed by atoms with E-state index in [1.807, 2.05) is 0 Å². The Hall–Kier alpha value is -1.30. The molecule has 116 valence electrons. The minimum absolute atomic E-state index is 0.0754. The molecular weight excluding hydrogens is 260 g/mol. The Kier molecular flexibility index (Phi) is 7.36. The summed E-state index contributed by atoms with van der Waals surface area (Å²) in [6.45, 7) is 3.97. The van der Waals surface area contributed by atoms with Crippen molar-refractivity contribution in [3.63, 3.8) is 0 Å². The Labute approximate surface area is 120 Å². The summed E-state index contributed by atoms with van der Waals surface area (Å²) < 4.78 is 5.27. The number of amides is 2. The predicted molar refractivity (Wildman–Crippen MR) is 75.7 cm³/mol. The van der Waals surface area contributed by atoms with Gasteiger partial charge in [-0.3, -0.25) is 4.79 Å². The van der Waals surface area contributed by atoms with Crippen LogP contribution in [-0.2, 0) is 9.53 Å². The predicted octanol–water partition coefficient (Wildman–Crippen LogP) is 1.70. The molecule has 1 heterocycles. The molecule has 0 aliphatic carbocycles. The first-order valence-corrected chi connectivity index (χ1v) is 7.34. The van der Waals surface area contributed by atoms with Crippen LogP contribution in [0.3, 0.4) is 0 Å². The van der Waals surface area contributed by atoms with E-state index in [9.17, 15) is 9.59 Å². The monoisotopic (exact) mass is 286 g/mol. The van der Waals surface area contributed by atoms with Crippen molar-refractivity contribution in [2.24, 2.45) is 5.92 Å². The number of carbonyl (C=O) groups excluding carboxylic acids is 1. The zero-order chi connectivity index (χ0) is 15.0. The van der Waals surface area contributed by atoms with Crippen LogP contribution >= 0.6 is 0 Å². The summed E-state index contributed by atoms with van der Waals surface area (Å²) in [4.78, 5) is 24.2.